The van der Waals surface area contributed by atoms with E-state index in [9.17, 15) is 9.18 Å². The highest BCUT2D eigenvalue weighted by molar-refractivity contribution is 5.76. The molecule has 0 radical (unpaired) electrons. The molecule has 0 aliphatic carbocycles. The fraction of sp³-hybridized carbons (Fsp3) is 0.562. The fourth-order valence-corrected chi connectivity index (χ4v) is 3.65. The number of halogens is 1. The Hall–Kier alpha value is -1.46. The molecule has 1 aromatic carbocycles. The lowest BCUT2D eigenvalue weighted by Gasteiger charge is -2.35. The summed E-state index contributed by atoms with van der Waals surface area (Å²) in [5.41, 5.74) is 6.49. The monoisotopic (exact) mass is 291 g/mol. The Kier molecular flexibility index (Phi) is 4.22. The van der Waals surface area contributed by atoms with Crippen molar-refractivity contribution in [3.8, 4) is 0 Å². The minimum atomic E-state index is -0.243. The lowest BCUT2D eigenvalue weighted by atomic mass is 9.95. The number of hydrogen-bond acceptors (Lipinski definition) is 3. The summed E-state index contributed by atoms with van der Waals surface area (Å²) in [6, 6.07) is 7.14. The van der Waals surface area contributed by atoms with Crippen molar-refractivity contribution >= 4 is 5.91 Å². The van der Waals surface area contributed by atoms with Gasteiger partial charge in [0.1, 0.15) is 5.82 Å². The first-order chi connectivity index (χ1) is 10.1. The molecule has 3 heterocycles. The zero-order chi connectivity index (χ0) is 14.8. The number of nitrogens with two attached hydrogens (primary N) is 1. The van der Waals surface area contributed by atoms with Crippen molar-refractivity contribution in [3.63, 3.8) is 0 Å². The summed E-state index contributed by atoms with van der Waals surface area (Å²) in [4.78, 5) is 15.9. The van der Waals surface area contributed by atoms with E-state index in [0.717, 1.165) is 38.2 Å². The summed E-state index contributed by atoms with van der Waals surface area (Å²) in [6.07, 6.45) is 2.36. The van der Waals surface area contributed by atoms with Gasteiger partial charge in [0.05, 0.1) is 6.54 Å². The van der Waals surface area contributed by atoms with Crippen molar-refractivity contribution in [2.75, 3.05) is 26.2 Å². The molecule has 3 saturated heterocycles. The molecule has 3 aliphatic rings. The standard InChI is InChI=1S/C16H22FN3O/c17-14-4-1-12(2-5-14)7-19-8-13-3-6-15(10-19)20(9-13)11-16(18)21/h1-2,4-5,13,15H,3,6-11H2,(H2,18,21)/t13-,15+/m0/s1. The SMILES string of the molecule is NC(=O)CN1C[C@H]2CC[C@@H]1CN(Cc1ccc(F)cc1)C2. The van der Waals surface area contributed by atoms with E-state index in [1.165, 1.54) is 18.6 Å². The van der Waals surface area contributed by atoms with Gasteiger partial charge in [-0.15, -0.1) is 0 Å². The maximum absolute atomic E-state index is 13.0. The summed E-state index contributed by atoms with van der Waals surface area (Å²) in [5, 5.41) is 0. The summed E-state index contributed by atoms with van der Waals surface area (Å²) >= 11 is 0. The van der Waals surface area contributed by atoms with Gasteiger partial charge in [0.25, 0.3) is 0 Å². The van der Waals surface area contributed by atoms with Crippen LogP contribution in [0.5, 0.6) is 0 Å². The van der Waals surface area contributed by atoms with E-state index in [4.69, 9.17) is 5.73 Å². The second-order valence-electron chi connectivity index (χ2n) is 6.31. The maximum Gasteiger partial charge on any atom is 0.231 e. The van der Waals surface area contributed by atoms with Gasteiger partial charge in [-0.3, -0.25) is 14.6 Å². The highest BCUT2D eigenvalue weighted by Gasteiger charge is 2.35. The number of fused-ring (bicyclic) bond motifs is 4. The third kappa shape index (κ3) is 3.60. The molecule has 0 unspecified atom stereocenters. The predicted molar refractivity (Wildman–Crippen MR) is 79.0 cm³/mol. The number of carbonyl (C=O) groups excluding carboxylic acids is 1. The summed E-state index contributed by atoms with van der Waals surface area (Å²) in [7, 11) is 0. The van der Waals surface area contributed by atoms with Crippen molar-refractivity contribution in [2.45, 2.75) is 25.4 Å². The van der Waals surface area contributed by atoms with E-state index < -0.39 is 0 Å². The number of piperidine rings is 1. The average molecular weight is 291 g/mol. The smallest absolute Gasteiger partial charge is 0.231 e. The number of benzene rings is 1. The van der Waals surface area contributed by atoms with Crippen molar-refractivity contribution in [2.24, 2.45) is 11.7 Å². The lowest BCUT2D eigenvalue weighted by molar-refractivity contribution is -0.120. The van der Waals surface area contributed by atoms with Crippen molar-refractivity contribution < 1.29 is 9.18 Å². The van der Waals surface area contributed by atoms with Gasteiger partial charge >= 0.3 is 0 Å². The second kappa shape index (κ2) is 6.12. The van der Waals surface area contributed by atoms with Gasteiger partial charge < -0.3 is 5.73 Å². The quantitative estimate of drug-likeness (QED) is 0.907. The van der Waals surface area contributed by atoms with Crippen molar-refractivity contribution in [1.82, 2.24) is 9.80 Å². The van der Waals surface area contributed by atoms with Crippen molar-refractivity contribution in [3.05, 3.63) is 35.6 Å². The number of nitrogens with zero attached hydrogens (tertiary/aromatic N) is 2. The number of rotatable bonds is 4. The molecule has 1 amide bonds. The molecule has 2 atom stereocenters. The number of hydrogen-bond donors (Lipinski definition) is 1. The minimum absolute atomic E-state index is 0.192. The first kappa shape index (κ1) is 14.5. The molecule has 0 spiro atoms. The normalized spacial score (nSPS) is 26.7. The Bertz CT molecular complexity index is 505. The van der Waals surface area contributed by atoms with Crippen LogP contribution in [0.15, 0.2) is 24.3 Å². The molecule has 1 aromatic rings. The molecular weight excluding hydrogens is 269 g/mol. The lowest BCUT2D eigenvalue weighted by Crippen LogP contribution is -2.47. The number of carbonyl (C=O) groups is 1. The van der Waals surface area contributed by atoms with Crippen LogP contribution in [0.2, 0.25) is 0 Å². The van der Waals surface area contributed by atoms with Crippen LogP contribution in [0, 0.1) is 11.7 Å². The van der Waals surface area contributed by atoms with Crippen LogP contribution in [0.1, 0.15) is 18.4 Å². The molecule has 2 bridgehead atoms. The molecule has 3 aliphatic heterocycles. The zero-order valence-corrected chi connectivity index (χ0v) is 12.2. The van der Waals surface area contributed by atoms with Gasteiger partial charge in [0.2, 0.25) is 5.91 Å². The molecule has 3 fully saturated rings. The van der Waals surface area contributed by atoms with E-state index >= 15 is 0 Å². The summed E-state index contributed by atoms with van der Waals surface area (Å²) < 4.78 is 13.0. The van der Waals surface area contributed by atoms with Crippen LogP contribution >= 0.6 is 0 Å². The van der Waals surface area contributed by atoms with Crippen LogP contribution in [0.25, 0.3) is 0 Å². The first-order valence-electron chi connectivity index (χ1n) is 7.59. The van der Waals surface area contributed by atoms with Crippen LogP contribution in [0.3, 0.4) is 0 Å². The van der Waals surface area contributed by atoms with E-state index in [1.54, 1.807) is 0 Å². The topological polar surface area (TPSA) is 49.6 Å². The third-order valence-corrected chi connectivity index (χ3v) is 4.58. The van der Waals surface area contributed by atoms with E-state index in [2.05, 4.69) is 9.80 Å². The Morgan fingerprint density at radius 2 is 1.95 bits per heavy atom. The van der Waals surface area contributed by atoms with Crippen LogP contribution in [0.4, 0.5) is 4.39 Å². The molecule has 4 nitrogen and oxygen atoms in total. The average Bonchev–Trinajstić information content (AvgIpc) is 2.71. The number of amides is 1. The molecule has 2 N–H and O–H groups in total. The van der Waals surface area contributed by atoms with Gasteiger partial charge in [-0.1, -0.05) is 12.1 Å². The highest BCUT2D eigenvalue weighted by Crippen LogP contribution is 2.28. The zero-order valence-electron chi connectivity index (χ0n) is 12.2. The minimum Gasteiger partial charge on any atom is -0.369 e. The fourth-order valence-electron chi connectivity index (χ4n) is 3.65. The Balaban J connectivity index is 1.66. The van der Waals surface area contributed by atoms with Gasteiger partial charge in [-0.05, 0) is 36.5 Å². The Morgan fingerprint density at radius 1 is 1.19 bits per heavy atom. The van der Waals surface area contributed by atoms with E-state index in [1.807, 2.05) is 12.1 Å². The highest BCUT2D eigenvalue weighted by atomic mass is 19.1. The Morgan fingerprint density at radius 3 is 2.67 bits per heavy atom. The summed E-state index contributed by atoms with van der Waals surface area (Å²) in [5.74, 6) is 0.165. The molecule has 114 valence electrons. The van der Waals surface area contributed by atoms with E-state index in [0.29, 0.717) is 18.5 Å². The Labute approximate surface area is 124 Å². The summed E-state index contributed by atoms with van der Waals surface area (Å²) in [6.45, 7) is 4.18. The molecule has 0 saturated carbocycles. The van der Waals surface area contributed by atoms with Gasteiger partial charge in [0.15, 0.2) is 0 Å². The third-order valence-electron chi connectivity index (χ3n) is 4.58. The van der Waals surface area contributed by atoms with Crippen molar-refractivity contribution in [1.29, 1.82) is 0 Å². The molecule has 0 aromatic heterocycles. The molecule has 4 rings (SSSR count). The van der Waals surface area contributed by atoms with Gasteiger partial charge in [0, 0.05) is 32.2 Å². The molecule has 21 heavy (non-hydrogen) atoms. The van der Waals surface area contributed by atoms with Gasteiger partial charge in [-0.25, -0.2) is 4.39 Å². The van der Waals surface area contributed by atoms with Crippen LogP contribution in [-0.4, -0.2) is 47.9 Å². The molecular formula is C16H22FN3O. The molecule has 5 heteroatoms. The maximum atomic E-state index is 13.0. The van der Waals surface area contributed by atoms with Crippen LogP contribution < -0.4 is 5.73 Å². The largest absolute Gasteiger partial charge is 0.369 e. The predicted octanol–water partition coefficient (Wildman–Crippen LogP) is 1.21. The van der Waals surface area contributed by atoms with Gasteiger partial charge in [-0.2, -0.15) is 0 Å². The number of primary amides is 1. The second-order valence-corrected chi connectivity index (χ2v) is 6.31. The van der Waals surface area contributed by atoms with Crippen LogP contribution in [-0.2, 0) is 11.3 Å². The first-order valence-corrected chi connectivity index (χ1v) is 7.59. The van der Waals surface area contributed by atoms with E-state index in [-0.39, 0.29) is 11.7 Å².